The number of fused-ring (bicyclic) bond motifs is 3. The van der Waals surface area contributed by atoms with Crippen LogP contribution in [-0.4, -0.2) is 30.4 Å². The highest BCUT2D eigenvalue weighted by Gasteiger charge is 2.32. The smallest absolute Gasteiger partial charge is 0.226 e. The van der Waals surface area contributed by atoms with Crippen molar-refractivity contribution in [3.05, 3.63) is 35.6 Å². The van der Waals surface area contributed by atoms with E-state index in [1.807, 2.05) is 23.1 Å². The van der Waals surface area contributed by atoms with Crippen LogP contribution in [0.4, 0.5) is 0 Å². The van der Waals surface area contributed by atoms with Crippen LogP contribution in [0.5, 0.6) is 0 Å². The molecule has 1 amide bonds. The minimum atomic E-state index is 0. The predicted molar refractivity (Wildman–Crippen MR) is 97.3 cm³/mol. The minimum absolute atomic E-state index is 0. The van der Waals surface area contributed by atoms with Gasteiger partial charge in [-0.2, -0.15) is 0 Å². The van der Waals surface area contributed by atoms with Crippen LogP contribution in [0, 0.1) is 11.8 Å². The average molecular weight is 349 g/mol. The second-order valence-electron chi connectivity index (χ2n) is 6.90. The molecule has 2 unspecified atom stereocenters. The highest BCUT2D eigenvalue weighted by molar-refractivity contribution is 5.85. The van der Waals surface area contributed by atoms with Crippen molar-refractivity contribution in [2.45, 2.75) is 32.7 Å². The third kappa shape index (κ3) is 3.05. The summed E-state index contributed by atoms with van der Waals surface area (Å²) >= 11 is 0. The second-order valence-corrected chi connectivity index (χ2v) is 6.90. The Bertz CT molecular complexity index is 721. The van der Waals surface area contributed by atoms with E-state index in [4.69, 9.17) is 4.42 Å². The molecule has 0 aliphatic carbocycles. The molecule has 0 radical (unpaired) electrons. The Hall–Kier alpha value is -1.52. The van der Waals surface area contributed by atoms with E-state index in [9.17, 15) is 4.79 Å². The van der Waals surface area contributed by atoms with Gasteiger partial charge in [-0.3, -0.25) is 4.79 Å². The largest absolute Gasteiger partial charge is 0.461 e. The van der Waals surface area contributed by atoms with Crippen LogP contribution in [-0.2, 0) is 17.8 Å². The molecular weight excluding hydrogens is 324 g/mol. The lowest BCUT2D eigenvalue weighted by Gasteiger charge is -2.33. The van der Waals surface area contributed by atoms with Gasteiger partial charge in [0.25, 0.3) is 0 Å². The fourth-order valence-electron chi connectivity index (χ4n) is 4.01. The number of amides is 1. The van der Waals surface area contributed by atoms with Crippen molar-refractivity contribution >= 4 is 29.3 Å². The third-order valence-electron chi connectivity index (χ3n) is 5.48. The standard InChI is InChI=1S/C19H24N2O2.ClH/c1-13(14-5-4-9-20-11-14)19(22)21-10-8-18-16(12-21)15-6-2-3-7-17(15)23-18;/h2-3,6-7,13-14,20H,4-5,8-12H2,1H3;1H. The van der Waals surface area contributed by atoms with Crippen LogP contribution in [0.1, 0.15) is 31.1 Å². The van der Waals surface area contributed by atoms with E-state index in [0.717, 1.165) is 49.2 Å². The number of piperidine rings is 1. The molecule has 1 aromatic heterocycles. The number of carbonyl (C=O) groups is 1. The van der Waals surface area contributed by atoms with E-state index < -0.39 is 0 Å². The molecule has 5 heteroatoms. The summed E-state index contributed by atoms with van der Waals surface area (Å²) in [5.41, 5.74) is 2.14. The van der Waals surface area contributed by atoms with E-state index >= 15 is 0 Å². The monoisotopic (exact) mass is 348 g/mol. The number of hydrogen-bond acceptors (Lipinski definition) is 3. The number of halogens is 1. The van der Waals surface area contributed by atoms with Gasteiger partial charge in [-0.15, -0.1) is 12.4 Å². The fraction of sp³-hybridized carbons (Fsp3) is 0.526. The first kappa shape index (κ1) is 17.3. The molecule has 2 aliphatic rings. The highest BCUT2D eigenvalue weighted by atomic mass is 35.5. The van der Waals surface area contributed by atoms with Gasteiger partial charge < -0.3 is 14.6 Å². The van der Waals surface area contributed by atoms with Crippen LogP contribution in [0.25, 0.3) is 11.0 Å². The molecule has 1 saturated heterocycles. The Morgan fingerprint density at radius 2 is 2.21 bits per heavy atom. The van der Waals surface area contributed by atoms with Gasteiger partial charge in [0.05, 0.1) is 0 Å². The molecule has 4 nitrogen and oxygen atoms in total. The molecule has 130 valence electrons. The van der Waals surface area contributed by atoms with Crippen molar-refractivity contribution in [2.24, 2.45) is 11.8 Å². The Morgan fingerprint density at radius 3 is 3.00 bits per heavy atom. The lowest BCUT2D eigenvalue weighted by Crippen LogP contribution is -2.44. The number of rotatable bonds is 2. The fourth-order valence-corrected chi connectivity index (χ4v) is 4.01. The molecule has 0 bridgehead atoms. The quantitative estimate of drug-likeness (QED) is 0.905. The molecule has 2 atom stereocenters. The Balaban J connectivity index is 0.00000169. The van der Waals surface area contributed by atoms with Crippen LogP contribution in [0.2, 0.25) is 0 Å². The molecule has 0 spiro atoms. The Labute approximate surface area is 149 Å². The van der Waals surface area contributed by atoms with Crippen LogP contribution in [0.15, 0.2) is 28.7 Å². The first-order valence-corrected chi connectivity index (χ1v) is 8.73. The number of carbonyl (C=O) groups excluding carboxylic acids is 1. The van der Waals surface area contributed by atoms with Gasteiger partial charge in [0.1, 0.15) is 11.3 Å². The van der Waals surface area contributed by atoms with Gasteiger partial charge in [0.15, 0.2) is 0 Å². The van der Waals surface area contributed by atoms with E-state index in [2.05, 4.69) is 18.3 Å². The Kier molecular flexibility index (Phi) is 5.16. The molecule has 3 heterocycles. The molecule has 1 N–H and O–H groups in total. The third-order valence-corrected chi connectivity index (χ3v) is 5.48. The molecule has 24 heavy (non-hydrogen) atoms. The van der Waals surface area contributed by atoms with Gasteiger partial charge in [-0.05, 0) is 37.9 Å². The summed E-state index contributed by atoms with van der Waals surface area (Å²) in [5, 5.41) is 4.58. The van der Waals surface area contributed by atoms with Crippen molar-refractivity contribution in [2.75, 3.05) is 19.6 Å². The van der Waals surface area contributed by atoms with E-state index in [0.29, 0.717) is 18.4 Å². The number of hydrogen-bond donors (Lipinski definition) is 1. The summed E-state index contributed by atoms with van der Waals surface area (Å²) in [6, 6.07) is 8.14. The van der Waals surface area contributed by atoms with Crippen LogP contribution >= 0.6 is 12.4 Å². The van der Waals surface area contributed by atoms with Gasteiger partial charge in [0, 0.05) is 36.4 Å². The molecule has 4 rings (SSSR count). The number of furan rings is 1. The molecule has 1 aromatic carbocycles. The van der Waals surface area contributed by atoms with Crippen LogP contribution in [0.3, 0.4) is 0 Å². The zero-order valence-electron chi connectivity index (χ0n) is 14.1. The van der Waals surface area contributed by atoms with Gasteiger partial charge in [0.2, 0.25) is 5.91 Å². The summed E-state index contributed by atoms with van der Waals surface area (Å²) < 4.78 is 5.95. The van der Waals surface area contributed by atoms with E-state index in [-0.39, 0.29) is 18.3 Å². The number of nitrogens with one attached hydrogen (secondary N) is 1. The number of nitrogens with zero attached hydrogens (tertiary/aromatic N) is 1. The maximum atomic E-state index is 12.9. The molecule has 0 saturated carbocycles. The topological polar surface area (TPSA) is 45.5 Å². The maximum Gasteiger partial charge on any atom is 0.226 e. The zero-order valence-corrected chi connectivity index (χ0v) is 14.9. The summed E-state index contributed by atoms with van der Waals surface area (Å²) in [6.07, 6.45) is 3.16. The van der Waals surface area contributed by atoms with Crippen molar-refractivity contribution in [3.8, 4) is 0 Å². The summed E-state index contributed by atoms with van der Waals surface area (Å²) in [4.78, 5) is 15.0. The zero-order chi connectivity index (χ0) is 15.8. The lowest BCUT2D eigenvalue weighted by molar-refractivity contribution is -0.138. The van der Waals surface area contributed by atoms with Crippen LogP contribution < -0.4 is 5.32 Å². The minimum Gasteiger partial charge on any atom is -0.461 e. The molecular formula is C19H25ClN2O2. The first-order chi connectivity index (χ1) is 11.2. The maximum absolute atomic E-state index is 12.9. The van der Waals surface area contributed by atoms with Gasteiger partial charge in [-0.1, -0.05) is 25.1 Å². The lowest BCUT2D eigenvalue weighted by atomic mass is 9.86. The summed E-state index contributed by atoms with van der Waals surface area (Å²) in [5.74, 6) is 1.93. The highest BCUT2D eigenvalue weighted by Crippen LogP contribution is 2.32. The first-order valence-electron chi connectivity index (χ1n) is 8.73. The molecule has 2 aromatic rings. The predicted octanol–water partition coefficient (Wildman–Crippen LogP) is 3.38. The normalized spacial score (nSPS) is 21.9. The van der Waals surface area contributed by atoms with Crippen molar-refractivity contribution < 1.29 is 9.21 Å². The van der Waals surface area contributed by atoms with E-state index in [1.54, 1.807) is 0 Å². The number of para-hydroxylation sites is 1. The van der Waals surface area contributed by atoms with Gasteiger partial charge in [-0.25, -0.2) is 0 Å². The molecule has 1 fully saturated rings. The van der Waals surface area contributed by atoms with Crippen molar-refractivity contribution in [1.29, 1.82) is 0 Å². The average Bonchev–Trinajstić information content (AvgIpc) is 2.99. The van der Waals surface area contributed by atoms with Crippen molar-refractivity contribution in [3.63, 3.8) is 0 Å². The van der Waals surface area contributed by atoms with Gasteiger partial charge >= 0.3 is 0 Å². The molecule has 2 aliphatic heterocycles. The SMILES string of the molecule is CC(C(=O)N1CCc2oc3ccccc3c2C1)C1CCCNC1.Cl. The number of benzene rings is 1. The summed E-state index contributed by atoms with van der Waals surface area (Å²) in [7, 11) is 0. The van der Waals surface area contributed by atoms with Crippen molar-refractivity contribution in [1.82, 2.24) is 10.2 Å². The Morgan fingerprint density at radius 1 is 1.38 bits per heavy atom. The van der Waals surface area contributed by atoms with E-state index in [1.165, 1.54) is 12.0 Å². The summed E-state index contributed by atoms with van der Waals surface area (Å²) in [6.45, 7) is 5.63. The second kappa shape index (κ2) is 7.16.